The summed E-state index contributed by atoms with van der Waals surface area (Å²) in [5.74, 6) is 1.11. The predicted molar refractivity (Wildman–Crippen MR) is 85.4 cm³/mol. The van der Waals surface area contributed by atoms with Gasteiger partial charge in [0.1, 0.15) is 0 Å². The molecule has 118 valence electrons. The summed E-state index contributed by atoms with van der Waals surface area (Å²) in [4.78, 5) is 0. The van der Waals surface area contributed by atoms with Gasteiger partial charge in [-0.1, -0.05) is 29.8 Å². The molecule has 0 spiro atoms. The van der Waals surface area contributed by atoms with Crippen LogP contribution in [-0.2, 0) is 14.6 Å². The number of hydrogen-bond donors (Lipinski definition) is 1. The Balaban J connectivity index is 2.10. The lowest BCUT2D eigenvalue weighted by atomic mass is 9.85. The number of methoxy groups -OCH3 is 1. The molecule has 5 heteroatoms. The number of aryl methyl sites for hydroxylation is 1. The summed E-state index contributed by atoms with van der Waals surface area (Å²) in [6.45, 7) is 4.33. The highest BCUT2D eigenvalue weighted by molar-refractivity contribution is 7.91. The van der Waals surface area contributed by atoms with Crippen LogP contribution in [0.15, 0.2) is 24.3 Å². The zero-order chi connectivity index (χ0) is 15.3. The van der Waals surface area contributed by atoms with E-state index in [0.29, 0.717) is 18.1 Å². The monoisotopic (exact) mass is 311 g/mol. The first-order valence-corrected chi connectivity index (χ1v) is 9.30. The molecule has 1 fully saturated rings. The van der Waals surface area contributed by atoms with Crippen LogP contribution in [0.4, 0.5) is 0 Å². The number of hydrogen-bond acceptors (Lipinski definition) is 4. The van der Waals surface area contributed by atoms with E-state index in [-0.39, 0.29) is 11.8 Å². The van der Waals surface area contributed by atoms with Gasteiger partial charge in [-0.3, -0.25) is 0 Å². The molecule has 1 aliphatic rings. The molecular formula is C16H25NO3S. The van der Waals surface area contributed by atoms with Crippen LogP contribution in [0.5, 0.6) is 0 Å². The Labute approximate surface area is 127 Å². The fourth-order valence-corrected chi connectivity index (χ4v) is 4.91. The van der Waals surface area contributed by atoms with Crippen molar-refractivity contribution in [1.29, 1.82) is 0 Å². The molecule has 1 saturated heterocycles. The molecule has 0 saturated carbocycles. The van der Waals surface area contributed by atoms with Crippen molar-refractivity contribution in [3.8, 4) is 0 Å². The second kappa shape index (κ2) is 7.38. The van der Waals surface area contributed by atoms with Crippen molar-refractivity contribution >= 4 is 9.84 Å². The quantitative estimate of drug-likeness (QED) is 0.780. The second-order valence-electron chi connectivity index (χ2n) is 5.88. The van der Waals surface area contributed by atoms with Crippen LogP contribution in [-0.4, -0.2) is 46.7 Å². The Hall–Kier alpha value is -0.910. The highest BCUT2D eigenvalue weighted by Gasteiger charge is 2.34. The van der Waals surface area contributed by atoms with Gasteiger partial charge in [-0.2, -0.15) is 0 Å². The average molecular weight is 311 g/mol. The first-order chi connectivity index (χ1) is 10.0. The zero-order valence-corrected chi connectivity index (χ0v) is 13.7. The van der Waals surface area contributed by atoms with E-state index in [2.05, 4.69) is 36.5 Å². The van der Waals surface area contributed by atoms with E-state index in [0.717, 1.165) is 19.5 Å². The van der Waals surface area contributed by atoms with Crippen LogP contribution >= 0.6 is 0 Å². The molecule has 0 bridgehead atoms. The third kappa shape index (κ3) is 4.80. The van der Waals surface area contributed by atoms with Gasteiger partial charge in [0.2, 0.25) is 0 Å². The van der Waals surface area contributed by atoms with Crippen molar-refractivity contribution in [3.63, 3.8) is 0 Å². The molecule has 0 aromatic heterocycles. The maximum Gasteiger partial charge on any atom is 0.150 e. The fourth-order valence-electron chi connectivity index (χ4n) is 3.03. The molecule has 0 aliphatic carbocycles. The van der Waals surface area contributed by atoms with E-state index in [1.165, 1.54) is 11.1 Å². The first kappa shape index (κ1) is 16.5. The van der Waals surface area contributed by atoms with Gasteiger partial charge < -0.3 is 10.1 Å². The van der Waals surface area contributed by atoms with E-state index in [4.69, 9.17) is 4.74 Å². The highest BCUT2D eigenvalue weighted by Crippen LogP contribution is 2.33. The van der Waals surface area contributed by atoms with E-state index in [1.807, 2.05) is 0 Å². The predicted octanol–water partition coefficient (Wildman–Crippen LogP) is 1.75. The van der Waals surface area contributed by atoms with E-state index >= 15 is 0 Å². The van der Waals surface area contributed by atoms with Gasteiger partial charge in [-0.05, 0) is 24.8 Å². The van der Waals surface area contributed by atoms with E-state index in [9.17, 15) is 8.42 Å². The van der Waals surface area contributed by atoms with E-state index < -0.39 is 9.84 Å². The lowest BCUT2D eigenvalue weighted by Gasteiger charge is -2.24. The van der Waals surface area contributed by atoms with Gasteiger partial charge in [0.15, 0.2) is 9.84 Å². The molecule has 2 atom stereocenters. The SMILES string of the molecule is COCCNCC(c1cccc(C)c1)C1CCS(=O)(=O)C1. The maximum atomic E-state index is 11.8. The first-order valence-electron chi connectivity index (χ1n) is 7.48. The fraction of sp³-hybridized carbons (Fsp3) is 0.625. The van der Waals surface area contributed by atoms with Gasteiger partial charge in [0.25, 0.3) is 0 Å². The lowest BCUT2D eigenvalue weighted by Crippen LogP contribution is -2.29. The zero-order valence-electron chi connectivity index (χ0n) is 12.8. The average Bonchev–Trinajstić information content (AvgIpc) is 2.79. The van der Waals surface area contributed by atoms with Crippen LogP contribution in [0.25, 0.3) is 0 Å². The summed E-state index contributed by atoms with van der Waals surface area (Å²) < 4.78 is 28.6. The minimum atomic E-state index is -2.85. The van der Waals surface area contributed by atoms with Crippen molar-refractivity contribution in [2.75, 3.05) is 38.3 Å². The van der Waals surface area contributed by atoms with Crippen molar-refractivity contribution in [2.45, 2.75) is 19.3 Å². The Morgan fingerprint density at radius 2 is 2.24 bits per heavy atom. The van der Waals surface area contributed by atoms with Gasteiger partial charge in [0.05, 0.1) is 18.1 Å². The van der Waals surface area contributed by atoms with Crippen molar-refractivity contribution in [3.05, 3.63) is 35.4 Å². The Kier molecular flexibility index (Phi) is 5.79. The van der Waals surface area contributed by atoms with Crippen LogP contribution in [0.1, 0.15) is 23.5 Å². The van der Waals surface area contributed by atoms with Crippen LogP contribution < -0.4 is 5.32 Å². The van der Waals surface area contributed by atoms with Gasteiger partial charge in [-0.25, -0.2) is 8.42 Å². The molecule has 1 aromatic carbocycles. The molecule has 4 nitrogen and oxygen atoms in total. The third-order valence-electron chi connectivity index (χ3n) is 4.15. The minimum Gasteiger partial charge on any atom is -0.383 e. The maximum absolute atomic E-state index is 11.8. The molecule has 21 heavy (non-hydrogen) atoms. The van der Waals surface area contributed by atoms with Crippen molar-refractivity contribution in [1.82, 2.24) is 5.32 Å². The number of sulfone groups is 1. The number of nitrogens with one attached hydrogen (secondary N) is 1. The summed E-state index contributed by atoms with van der Waals surface area (Å²) in [5.41, 5.74) is 2.46. The Bertz CT molecular complexity index is 556. The van der Waals surface area contributed by atoms with Crippen molar-refractivity contribution < 1.29 is 13.2 Å². The number of ether oxygens (including phenoxy) is 1. The molecular weight excluding hydrogens is 286 g/mol. The molecule has 1 heterocycles. The Morgan fingerprint density at radius 3 is 2.86 bits per heavy atom. The summed E-state index contributed by atoms with van der Waals surface area (Å²) in [7, 11) is -1.16. The summed E-state index contributed by atoms with van der Waals surface area (Å²) in [6.07, 6.45) is 0.771. The molecule has 0 amide bonds. The third-order valence-corrected chi connectivity index (χ3v) is 5.95. The Morgan fingerprint density at radius 1 is 1.43 bits per heavy atom. The molecule has 1 aromatic rings. The largest absolute Gasteiger partial charge is 0.383 e. The molecule has 1 aliphatic heterocycles. The smallest absolute Gasteiger partial charge is 0.150 e. The summed E-state index contributed by atoms with van der Waals surface area (Å²) in [6, 6.07) is 8.41. The molecule has 2 rings (SSSR count). The molecule has 1 N–H and O–H groups in total. The standard InChI is InChI=1S/C16H25NO3S/c1-13-4-3-5-14(10-13)16(11-17-7-8-20-2)15-6-9-21(18,19)12-15/h3-5,10,15-17H,6-9,11-12H2,1-2H3. The van der Waals surface area contributed by atoms with Crippen LogP contribution in [0.3, 0.4) is 0 Å². The van der Waals surface area contributed by atoms with Gasteiger partial charge in [0, 0.05) is 26.1 Å². The molecule has 2 unspecified atom stereocenters. The summed E-state index contributed by atoms with van der Waals surface area (Å²) >= 11 is 0. The highest BCUT2D eigenvalue weighted by atomic mass is 32.2. The topological polar surface area (TPSA) is 55.4 Å². The summed E-state index contributed by atoms with van der Waals surface area (Å²) in [5, 5.41) is 3.39. The van der Waals surface area contributed by atoms with Crippen LogP contribution in [0, 0.1) is 12.8 Å². The van der Waals surface area contributed by atoms with Crippen molar-refractivity contribution in [2.24, 2.45) is 5.92 Å². The number of benzene rings is 1. The molecule has 0 radical (unpaired) electrons. The van der Waals surface area contributed by atoms with Crippen LogP contribution in [0.2, 0.25) is 0 Å². The van der Waals surface area contributed by atoms with E-state index in [1.54, 1.807) is 7.11 Å². The normalized spacial score (nSPS) is 22.3. The minimum absolute atomic E-state index is 0.215. The lowest BCUT2D eigenvalue weighted by molar-refractivity contribution is 0.198. The van der Waals surface area contributed by atoms with Gasteiger partial charge in [-0.15, -0.1) is 0 Å². The second-order valence-corrected chi connectivity index (χ2v) is 8.11. The van der Waals surface area contributed by atoms with Gasteiger partial charge >= 0.3 is 0 Å². The number of rotatable bonds is 7.